The summed E-state index contributed by atoms with van der Waals surface area (Å²) in [6, 6.07) is 16.8. The Kier molecular flexibility index (Phi) is 9.42. The Bertz CT molecular complexity index is 1070. The van der Waals surface area contributed by atoms with E-state index < -0.39 is 0 Å². The molecule has 1 atom stereocenters. The summed E-state index contributed by atoms with van der Waals surface area (Å²) in [4.78, 5) is 6.91. The molecule has 194 valence electrons. The van der Waals surface area contributed by atoms with Gasteiger partial charge in [0.15, 0.2) is 0 Å². The van der Waals surface area contributed by atoms with Crippen LogP contribution in [0.2, 0.25) is 0 Å². The van der Waals surface area contributed by atoms with Crippen LogP contribution in [0, 0.1) is 6.92 Å². The number of methoxy groups -OCH3 is 1. The Morgan fingerprint density at radius 3 is 2.67 bits per heavy atom. The molecule has 0 radical (unpaired) electrons. The van der Waals surface area contributed by atoms with E-state index in [0.717, 1.165) is 75.6 Å². The van der Waals surface area contributed by atoms with Crippen LogP contribution in [0.1, 0.15) is 49.6 Å². The van der Waals surface area contributed by atoms with Crippen molar-refractivity contribution in [3.05, 3.63) is 77.9 Å². The van der Waals surface area contributed by atoms with E-state index in [4.69, 9.17) is 14.2 Å². The van der Waals surface area contributed by atoms with Gasteiger partial charge in [-0.2, -0.15) is 0 Å². The summed E-state index contributed by atoms with van der Waals surface area (Å²) in [5.74, 6) is 2.99. The Morgan fingerprint density at radius 1 is 1.00 bits per heavy atom. The van der Waals surface area contributed by atoms with E-state index in [1.807, 2.05) is 31.6 Å². The predicted octanol–water partition coefficient (Wildman–Crippen LogP) is 5.67. The third-order valence-corrected chi connectivity index (χ3v) is 7.18. The standard InChI is InChI=1S/C30H41N3O3/c1-4-29-31-16-20-33(29)18-7-21-35-28-9-5-8-26(22-28)23-32-17-6-14-30(34-3,15-19-32)24-36-27-12-10-25(2)11-13-27/h5,8-13,16,20,22H,4,6-7,14-15,17-19,21,23-24H2,1-3H3. The van der Waals surface area contributed by atoms with Crippen molar-refractivity contribution in [2.75, 3.05) is 33.4 Å². The van der Waals surface area contributed by atoms with Crippen LogP contribution in [0.25, 0.3) is 0 Å². The van der Waals surface area contributed by atoms with Crippen molar-refractivity contribution >= 4 is 0 Å². The van der Waals surface area contributed by atoms with Gasteiger partial charge in [-0.25, -0.2) is 4.98 Å². The van der Waals surface area contributed by atoms with Crippen LogP contribution in [0.15, 0.2) is 60.9 Å². The van der Waals surface area contributed by atoms with Crippen molar-refractivity contribution in [1.82, 2.24) is 14.5 Å². The minimum absolute atomic E-state index is 0.239. The van der Waals surface area contributed by atoms with E-state index >= 15 is 0 Å². The second-order valence-electron chi connectivity index (χ2n) is 9.86. The highest BCUT2D eigenvalue weighted by Crippen LogP contribution is 2.28. The molecular weight excluding hydrogens is 450 g/mol. The predicted molar refractivity (Wildman–Crippen MR) is 144 cm³/mol. The van der Waals surface area contributed by atoms with Crippen LogP contribution >= 0.6 is 0 Å². The molecule has 4 rings (SSSR count). The van der Waals surface area contributed by atoms with E-state index in [9.17, 15) is 0 Å². The molecule has 1 saturated heterocycles. The maximum absolute atomic E-state index is 6.14. The zero-order valence-electron chi connectivity index (χ0n) is 22.1. The topological polar surface area (TPSA) is 48.8 Å². The van der Waals surface area contributed by atoms with Gasteiger partial charge in [0.05, 0.1) is 6.61 Å². The lowest BCUT2D eigenvalue weighted by molar-refractivity contribution is -0.0541. The Balaban J connectivity index is 1.25. The molecule has 1 aromatic heterocycles. The molecule has 1 aliphatic rings. The SMILES string of the molecule is CCc1nccn1CCCOc1cccc(CN2CCCC(COc3ccc(C)cc3)(OC)CC2)c1. The van der Waals surface area contributed by atoms with Crippen LogP contribution in [0.5, 0.6) is 11.5 Å². The van der Waals surface area contributed by atoms with Gasteiger partial charge in [0, 0.05) is 45.6 Å². The summed E-state index contributed by atoms with van der Waals surface area (Å²) in [7, 11) is 1.82. The first-order chi connectivity index (χ1) is 17.6. The van der Waals surface area contributed by atoms with Crippen LogP contribution in [0.4, 0.5) is 0 Å². The van der Waals surface area contributed by atoms with Crippen LogP contribution < -0.4 is 9.47 Å². The second kappa shape index (κ2) is 12.9. The fourth-order valence-corrected chi connectivity index (χ4v) is 4.91. The first kappa shape index (κ1) is 26.2. The number of benzene rings is 2. The van der Waals surface area contributed by atoms with Crippen molar-refractivity contribution < 1.29 is 14.2 Å². The van der Waals surface area contributed by atoms with Gasteiger partial charge in [0.25, 0.3) is 0 Å². The first-order valence-corrected chi connectivity index (χ1v) is 13.3. The number of nitrogens with zero attached hydrogens (tertiary/aromatic N) is 3. The number of hydrogen-bond donors (Lipinski definition) is 0. The number of aryl methyl sites for hydroxylation is 3. The molecular formula is C30H41N3O3. The molecule has 6 heteroatoms. The van der Waals surface area contributed by atoms with E-state index in [1.54, 1.807) is 0 Å². The molecule has 0 N–H and O–H groups in total. The van der Waals surface area contributed by atoms with Crippen LogP contribution in [-0.2, 0) is 24.2 Å². The summed E-state index contributed by atoms with van der Waals surface area (Å²) in [6.07, 6.45) is 8.90. The maximum atomic E-state index is 6.14. The van der Waals surface area contributed by atoms with Crippen LogP contribution in [0.3, 0.4) is 0 Å². The highest BCUT2D eigenvalue weighted by Gasteiger charge is 2.33. The molecule has 1 unspecified atom stereocenters. The quantitative estimate of drug-likeness (QED) is 0.305. The number of likely N-dealkylation sites (tertiary alicyclic amines) is 1. The van der Waals surface area contributed by atoms with Gasteiger partial charge in [-0.15, -0.1) is 0 Å². The monoisotopic (exact) mass is 491 g/mol. The molecule has 0 spiro atoms. The number of imidazole rings is 1. The second-order valence-corrected chi connectivity index (χ2v) is 9.86. The van der Waals surface area contributed by atoms with Gasteiger partial charge in [0.2, 0.25) is 0 Å². The molecule has 0 bridgehead atoms. The number of aromatic nitrogens is 2. The van der Waals surface area contributed by atoms with Crippen molar-refractivity contribution in [2.24, 2.45) is 0 Å². The van der Waals surface area contributed by atoms with Crippen molar-refractivity contribution in [2.45, 2.75) is 64.6 Å². The molecule has 0 aliphatic carbocycles. The van der Waals surface area contributed by atoms with Gasteiger partial charge in [-0.1, -0.05) is 36.8 Å². The number of hydrogen-bond acceptors (Lipinski definition) is 5. The number of rotatable bonds is 12. The smallest absolute Gasteiger partial charge is 0.119 e. The molecule has 3 aromatic rings. The molecule has 6 nitrogen and oxygen atoms in total. The molecule has 1 aliphatic heterocycles. The highest BCUT2D eigenvalue weighted by molar-refractivity contribution is 5.28. The summed E-state index contributed by atoms with van der Waals surface area (Å²) >= 11 is 0. The van der Waals surface area contributed by atoms with Crippen molar-refractivity contribution in [3.63, 3.8) is 0 Å². The Hall–Kier alpha value is -2.83. The lowest BCUT2D eigenvalue weighted by Gasteiger charge is -2.31. The molecule has 36 heavy (non-hydrogen) atoms. The third kappa shape index (κ3) is 7.34. The van der Waals surface area contributed by atoms with E-state index in [-0.39, 0.29) is 5.60 Å². The zero-order chi connectivity index (χ0) is 25.2. The van der Waals surface area contributed by atoms with Crippen molar-refractivity contribution in [1.29, 1.82) is 0 Å². The summed E-state index contributed by atoms with van der Waals surface area (Å²) in [5.41, 5.74) is 2.29. The summed E-state index contributed by atoms with van der Waals surface area (Å²) in [6.45, 7) is 9.42. The minimum Gasteiger partial charge on any atom is -0.494 e. The van der Waals surface area contributed by atoms with Gasteiger partial charge >= 0.3 is 0 Å². The normalized spacial score (nSPS) is 18.6. The third-order valence-electron chi connectivity index (χ3n) is 7.18. The maximum Gasteiger partial charge on any atom is 0.119 e. The van der Waals surface area contributed by atoms with E-state index in [0.29, 0.717) is 13.2 Å². The Labute approximate surface area is 216 Å². The molecule has 0 amide bonds. The fraction of sp³-hybridized carbons (Fsp3) is 0.500. The van der Waals surface area contributed by atoms with Gasteiger partial charge in [-0.05, 0) is 69.0 Å². The Morgan fingerprint density at radius 2 is 1.86 bits per heavy atom. The van der Waals surface area contributed by atoms with E-state index in [2.05, 4.69) is 64.7 Å². The molecule has 2 aromatic carbocycles. The average molecular weight is 492 g/mol. The summed E-state index contributed by atoms with van der Waals surface area (Å²) in [5, 5.41) is 0. The lowest BCUT2D eigenvalue weighted by atomic mass is 9.95. The molecule has 1 fully saturated rings. The lowest BCUT2D eigenvalue weighted by Crippen LogP contribution is -2.39. The van der Waals surface area contributed by atoms with Gasteiger partial charge in [-0.3, -0.25) is 4.90 Å². The van der Waals surface area contributed by atoms with Gasteiger partial charge in [0.1, 0.15) is 29.5 Å². The number of ether oxygens (including phenoxy) is 3. The van der Waals surface area contributed by atoms with Gasteiger partial charge < -0.3 is 18.8 Å². The summed E-state index contributed by atoms with van der Waals surface area (Å²) < 4.78 is 20.5. The van der Waals surface area contributed by atoms with Crippen LogP contribution in [-0.4, -0.2) is 53.5 Å². The van der Waals surface area contributed by atoms with Crippen molar-refractivity contribution in [3.8, 4) is 11.5 Å². The largest absolute Gasteiger partial charge is 0.494 e. The minimum atomic E-state index is -0.239. The van der Waals surface area contributed by atoms with E-state index in [1.165, 1.54) is 11.1 Å². The molecule has 0 saturated carbocycles. The molecule has 2 heterocycles. The first-order valence-electron chi connectivity index (χ1n) is 13.3. The zero-order valence-corrected chi connectivity index (χ0v) is 22.1. The average Bonchev–Trinajstić information content (AvgIpc) is 3.27. The highest BCUT2D eigenvalue weighted by atomic mass is 16.5. The fourth-order valence-electron chi connectivity index (χ4n) is 4.91.